The number of nitrogens with zero attached hydrogens (tertiary/aromatic N) is 1. The number of benzene rings is 2. The molecular weight excluding hydrogens is 376 g/mol. The number of hydrogen-bond acceptors (Lipinski definition) is 3. The topological polar surface area (TPSA) is 50.4 Å². The molecule has 1 amide bonds. The number of para-hydroxylation sites is 1. The third kappa shape index (κ3) is 5.97. The van der Waals surface area contributed by atoms with Crippen LogP contribution in [0, 0.1) is 6.92 Å². The van der Waals surface area contributed by atoms with Gasteiger partial charge in [-0.3, -0.25) is 4.79 Å². The van der Waals surface area contributed by atoms with Crippen molar-refractivity contribution in [2.75, 3.05) is 65.4 Å². The van der Waals surface area contributed by atoms with Crippen LogP contribution in [0.25, 0.3) is 0 Å². The van der Waals surface area contributed by atoms with E-state index in [2.05, 4.69) is 55.6 Å². The Morgan fingerprint density at radius 1 is 1.07 bits per heavy atom. The maximum atomic E-state index is 12.5. The molecule has 0 unspecified atom stereocenters. The van der Waals surface area contributed by atoms with Crippen LogP contribution in [0.2, 0.25) is 0 Å². The molecule has 1 aliphatic heterocycles. The van der Waals surface area contributed by atoms with E-state index in [1.54, 1.807) is 9.80 Å². The minimum Gasteiger partial charge on any atom is -0.484 e. The van der Waals surface area contributed by atoms with Gasteiger partial charge >= 0.3 is 0 Å². The molecule has 3 N–H and O–H groups in total. The molecule has 0 radical (unpaired) electrons. The summed E-state index contributed by atoms with van der Waals surface area (Å²) >= 11 is 0. The molecule has 0 bridgehead atoms. The first kappa shape index (κ1) is 22.1. The first-order valence-corrected chi connectivity index (χ1v) is 10.8. The minimum atomic E-state index is -0.0766. The lowest BCUT2D eigenvalue weighted by Gasteiger charge is -2.33. The van der Waals surface area contributed by atoms with Gasteiger partial charge in [-0.15, -0.1) is 0 Å². The van der Waals surface area contributed by atoms with Gasteiger partial charge in [-0.05, 0) is 30.7 Å². The van der Waals surface area contributed by atoms with Gasteiger partial charge in [0.1, 0.15) is 38.0 Å². The number of rotatable bonds is 8. The van der Waals surface area contributed by atoms with Crippen LogP contribution < -0.4 is 24.8 Å². The molecule has 1 fully saturated rings. The number of anilines is 1. The van der Waals surface area contributed by atoms with E-state index in [1.807, 2.05) is 31.2 Å². The van der Waals surface area contributed by atoms with E-state index >= 15 is 0 Å². The first-order valence-electron chi connectivity index (χ1n) is 10.8. The predicted molar refractivity (Wildman–Crippen MR) is 121 cm³/mol. The fourth-order valence-electron chi connectivity index (χ4n) is 3.98. The van der Waals surface area contributed by atoms with Crippen molar-refractivity contribution in [3.8, 4) is 5.75 Å². The van der Waals surface area contributed by atoms with Gasteiger partial charge in [0.15, 0.2) is 6.61 Å². The van der Waals surface area contributed by atoms with Gasteiger partial charge in [0, 0.05) is 25.3 Å². The van der Waals surface area contributed by atoms with E-state index in [9.17, 15) is 4.79 Å². The van der Waals surface area contributed by atoms with Crippen LogP contribution in [0.15, 0.2) is 48.5 Å². The molecule has 1 heterocycles. The molecule has 162 valence electrons. The van der Waals surface area contributed by atoms with Crippen LogP contribution in [0.1, 0.15) is 17.2 Å². The van der Waals surface area contributed by atoms with Crippen LogP contribution in [0.5, 0.6) is 5.75 Å². The highest BCUT2D eigenvalue weighted by atomic mass is 16.5. The Kier molecular flexibility index (Phi) is 7.71. The summed E-state index contributed by atoms with van der Waals surface area (Å²) < 4.78 is 5.71. The van der Waals surface area contributed by atoms with Gasteiger partial charge in [0.05, 0.1) is 13.6 Å². The van der Waals surface area contributed by atoms with Gasteiger partial charge in [-0.2, -0.15) is 0 Å². The van der Waals surface area contributed by atoms with E-state index < -0.39 is 0 Å². The number of likely N-dealkylation sites (N-methyl/N-ethyl adjacent to an activating group) is 1. The van der Waals surface area contributed by atoms with Gasteiger partial charge in [-0.25, -0.2) is 0 Å². The molecule has 0 spiro atoms. The van der Waals surface area contributed by atoms with Crippen molar-refractivity contribution in [3.05, 3.63) is 59.7 Å². The zero-order chi connectivity index (χ0) is 21.5. The number of amides is 1. The summed E-state index contributed by atoms with van der Waals surface area (Å²) in [5, 5.41) is 3.11. The summed E-state index contributed by atoms with van der Waals surface area (Å²) in [6.45, 7) is 7.19. The maximum Gasteiger partial charge on any atom is 0.258 e. The number of quaternary nitrogens is 2. The molecule has 3 rings (SSSR count). The summed E-state index contributed by atoms with van der Waals surface area (Å²) in [6, 6.07) is 16.7. The van der Waals surface area contributed by atoms with Crippen molar-refractivity contribution in [1.82, 2.24) is 5.32 Å². The summed E-state index contributed by atoms with van der Waals surface area (Å²) in [6.07, 6.45) is 0. The minimum absolute atomic E-state index is 0.0410. The third-order valence-corrected chi connectivity index (χ3v) is 6.01. The number of ether oxygens (including phenoxy) is 1. The molecule has 0 saturated carbocycles. The maximum absolute atomic E-state index is 12.5. The first-order chi connectivity index (χ1) is 14.4. The Morgan fingerprint density at radius 2 is 1.73 bits per heavy atom. The number of hydrogen-bond donors (Lipinski definition) is 3. The summed E-state index contributed by atoms with van der Waals surface area (Å²) in [5.41, 5.74) is 3.50. The molecular formula is C24H36N4O2+2. The number of carbonyl (C=O) groups is 1. The van der Waals surface area contributed by atoms with Gasteiger partial charge < -0.3 is 24.8 Å². The largest absolute Gasteiger partial charge is 0.484 e. The Labute approximate surface area is 180 Å². The van der Waals surface area contributed by atoms with Crippen molar-refractivity contribution in [2.45, 2.75) is 13.0 Å². The molecule has 1 saturated heterocycles. The quantitative estimate of drug-likeness (QED) is 0.559. The Balaban J connectivity index is 1.63. The van der Waals surface area contributed by atoms with Crippen molar-refractivity contribution in [3.63, 3.8) is 0 Å². The summed E-state index contributed by atoms with van der Waals surface area (Å²) in [5.74, 6) is 0.684. The van der Waals surface area contributed by atoms with Crippen LogP contribution in [-0.2, 0) is 4.79 Å². The van der Waals surface area contributed by atoms with E-state index in [-0.39, 0.29) is 18.6 Å². The number of nitrogens with one attached hydrogen (secondary N) is 3. The third-order valence-electron chi connectivity index (χ3n) is 6.01. The standard InChI is InChI=1S/C24H34N4O2/c1-19-7-5-6-8-23(19)30-18-24(29)25-17-22(28-15-13-27(4)14-16-28)20-9-11-21(12-10-20)26(2)3/h5-12,22H,13-18H2,1-4H3,(H,25,29)/p+2/t22-/m0/s1. The molecule has 6 heteroatoms. The second-order valence-electron chi connectivity index (χ2n) is 8.51. The van der Waals surface area contributed by atoms with Crippen LogP contribution >= 0.6 is 0 Å². The molecule has 0 aliphatic carbocycles. The smallest absolute Gasteiger partial charge is 0.258 e. The van der Waals surface area contributed by atoms with E-state index in [0.29, 0.717) is 6.54 Å². The average molecular weight is 413 g/mol. The lowest BCUT2D eigenvalue weighted by atomic mass is 10.0. The van der Waals surface area contributed by atoms with Crippen LogP contribution in [0.4, 0.5) is 5.69 Å². The fraction of sp³-hybridized carbons (Fsp3) is 0.458. The van der Waals surface area contributed by atoms with Crippen molar-refractivity contribution >= 4 is 11.6 Å². The van der Waals surface area contributed by atoms with E-state index in [1.165, 1.54) is 11.3 Å². The summed E-state index contributed by atoms with van der Waals surface area (Å²) in [7, 11) is 6.35. The molecule has 1 aliphatic rings. The second kappa shape index (κ2) is 10.5. The average Bonchev–Trinajstić information content (AvgIpc) is 2.75. The molecule has 0 aromatic heterocycles. The Hall–Kier alpha value is -2.57. The van der Waals surface area contributed by atoms with Gasteiger partial charge in [-0.1, -0.05) is 30.3 Å². The summed E-state index contributed by atoms with van der Waals surface area (Å²) in [4.78, 5) is 17.7. The number of piperazine rings is 1. The second-order valence-corrected chi connectivity index (χ2v) is 8.51. The van der Waals surface area contributed by atoms with Crippen LogP contribution in [-0.4, -0.2) is 66.4 Å². The van der Waals surface area contributed by atoms with E-state index in [0.717, 1.165) is 37.5 Å². The fourth-order valence-corrected chi connectivity index (χ4v) is 3.98. The molecule has 2 aromatic rings. The van der Waals surface area contributed by atoms with Crippen molar-refractivity contribution < 1.29 is 19.3 Å². The lowest BCUT2D eigenvalue weighted by molar-refractivity contribution is -1.02. The predicted octanol–water partition coefficient (Wildman–Crippen LogP) is -0.289. The molecule has 1 atom stereocenters. The zero-order valence-electron chi connectivity index (χ0n) is 18.7. The highest BCUT2D eigenvalue weighted by molar-refractivity contribution is 5.77. The Morgan fingerprint density at radius 3 is 2.37 bits per heavy atom. The Bertz CT molecular complexity index is 814. The van der Waals surface area contributed by atoms with Crippen LogP contribution in [0.3, 0.4) is 0 Å². The monoisotopic (exact) mass is 412 g/mol. The zero-order valence-corrected chi connectivity index (χ0v) is 18.7. The number of carbonyl (C=O) groups excluding carboxylic acids is 1. The molecule has 2 aromatic carbocycles. The lowest BCUT2D eigenvalue weighted by Crippen LogP contribution is -3.27. The molecule has 30 heavy (non-hydrogen) atoms. The highest BCUT2D eigenvalue weighted by Gasteiger charge is 2.29. The van der Waals surface area contributed by atoms with Crippen molar-refractivity contribution in [1.29, 1.82) is 0 Å². The molecule has 6 nitrogen and oxygen atoms in total. The van der Waals surface area contributed by atoms with Gasteiger partial charge in [0.2, 0.25) is 0 Å². The highest BCUT2D eigenvalue weighted by Crippen LogP contribution is 2.17. The van der Waals surface area contributed by atoms with E-state index in [4.69, 9.17) is 4.74 Å². The van der Waals surface area contributed by atoms with Gasteiger partial charge in [0.25, 0.3) is 5.91 Å². The van der Waals surface area contributed by atoms with Crippen molar-refractivity contribution in [2.24, 2.45) is 0 Å². The number of aryl methyl sites for hydroxylation is 1. The normalized spacial score (nSPS) is 19.7. The SMILES string of the molecule is Cc1ccccc1OCC(=O)NC[C@@H](c1ccc(N(C)C)cc1)[NH+]1CC[NH+](C)CC1.